The number of nitrogens with zero attached hydrogens (tertiary/aromatic N) is 2. The van der Waals surface area contributed by atoms with E-state index in [4.69, 9.17) is 5.73 Å². The zero-order chi connectivity index (χ0) is 11.1. The Morgan fingerprint density at radius 1 is 1.12 bits per heavy atom. The van der Waals surface area contributed by atoms with Crippen LogP contribution >= 0.6 is 0 Å². The fraction of sp³-hybridized carbons (Fsp3) is 0.0769. The molecule has 0 saturated heterocycles. The second-order valence-corrected chi connectivity index (χ2v) is 3.70. The lowest BCUT2D eigenvalue weighted by Crippen LogP contribution is -1.99. The van der Waals surface area contributed by atoms with Crippen LogP contribution in [0.5, 0.6) is 0 Å². The Morgan fingerprint density at radius 2 is 1.94 bits per heavy atom. The number of rotatable bonds is 0. The zero-order valence-corrected chi connectivity index (χ0v) is 8.78. The summed E-state index contributed by atoms with van der Waals surface area (Å²) in [5.41, 5.74) is 14.8. The predicted octanol–water partition coefficient (Wildman–Crippen LogP) is 2.31. The molecule has 1 heterocycles. The number of benzene rings is 1. The van der Waals surface area contributed by atoms with Gasteiger partial charge in [0, 0.05) is 10.9 Å². The topological polar surface area (TPSA) is 51.8 Å². The van der Waals surface area contributed by atoms with Gasteiger partial charge in [-0.25, -0.2) is 9.97 Å². The normalized spacial score (nSPS) is 12.1. The van der Waals surface area contributed by atoms with Gasteiger partial charge in [-0.15, -0.1) is 0 Å². The summed E-state index contributed by atoms with van der Waals surface area (Å²) < 4.78 is 0. The van der Waals surface area contributed by atoms with Crippen molar-refractivity contribution in [2.75, 3.05) is 5.73 Å². The first-order valence-electron chi connectivity index (χ1n) is 5.00. The van der Waals surface area contributed by atoms with Gasteiger partial charge in [-0.05, 0) is 30.7 Å². The maximum absolute atomic E-state index is 5.88. The number of fused-ring (bicyclic) bond motifs is 3. The van der Waals surface area contributed by atoms with E-state index >= 15 is 0 Å². The molecule has 0 spiro atoms. The van der Waals surface area contributed by atoms with E-state index in [-0.39, 0.29) is 0 Å². The minimum Gasteiger partial charge on any atom is -0.383 e. The third-order valence-electron chi connectivity index (χ3n) is 2.61. The van der Waals surface area contributed by atoms with Crippen molar-refractivity contribution in [3.05, 3.63) is 40.5 Å². The van der Waals surface area contributed by atoms with E-state index in [2.05, 4.69) is 21.4 Å². The van der Waals surface area contributed by atoms with Gasteiger partial charge in [-0.2, -0.15) is 0 Å². The number of nitrogen functional groups attached to an aromatic ring is 1. The molecule has 1 aliphatic carbocycles. The fourth-order valence-electron chi connectivity index (χ4n) is 1.88. The van der Waals surface area contributed by atoms with Crippen molar-refractivity contribution in [3.8, 4) is 0 Å². The smallest absolute Gasteiger partial charge is 0.135 e. The molecular formula is C13H9N3. The van der Waals surface area contributed by atoms with E-state index in [0.717, 1.165) is 22.0 Å². The van der Waals surface area contributed by atoms with Crippen molar-refractivity contribution in [3.63, 3.8) is 0 Å². The SMILES string of the molecule is Cc1nc(N)c2ccc3c(c2n1)C=C=C=C3. The number of aromatic nitrogens is 2. The molecule has 1 aromatic heterocycles. The summed E-state index contributed by atoms with van der Waals surface area (Å²) in [6.07, 6.45) is 3.77. The van der Waals surface area contributed by atoms with Gasteiger partial charge in [-0.1, -0.05) is 17.5 Å². The van der Waals surface area contributed by atoms with Crippen molar-refractivity contribution >= 4 is 28.9 Å². The molecule has 76 valence electrons. The van der Waals surface area contributed by atoms with E-state index in [9.17, 15) is 0 Å². The van der Waals surface area contributed by atoms with E-state index in [0.29, 0.717) is 11.6 Å². The standard InChI is InChI=1S/C13H9N3/c1-8-15-12-10-5-3-2-4-9(10)6-7-11(12)13(14)16-8/h4-7H,1H3,(H2,14,15,16). The second-order valence-electron chi connectivity index (χ2n) is 3.70. The van der Waals surface area contributed by atoms with Crippen molar-refractivity contribution in [2.24, 2.45) is 0 Å². The van der Waals surface area contributed by atoms with E-state index in [1.807, 2.05) is 31.2 Å². The quantitative estimate of drug-likeness (QED) is 0.575. The van der Waals surface area contributed by atoms with Gasteiger partial charge in [0.15, 0.2) is 0 Å². The minimum absolute atomic E-state index is 0.525. The first kappa shape index (κ1) is 8.93. The van der Waals surface area contributed by atoms with Crippen LogP contribution in [0.1, 0.15) is 17.0 Å². The van der Waals surface area contributed by atoms with Gasteiger partial charge in [0.2, 0.25) is 0 Å². The Morgan fingerprint density at radius 3 is 2.81 bits per heavy atom. The van der Waals surface area contributed by atoms with Crippen molar-refractivity contribution in [1.29, 1.82) is 0 Å². The van der Waals surface area contributed by atoms with Crippen molar-refractivity contribution < 1.29 is 0 Å². The van der Waals surface area contributed by atoms with Gasteiger partial charge in [0.1, 0.15) is 11.6 Å². The number of hydrogen-bond donors (Lipinski definition) is 1. The molecule has 0 atom stereocenters. The molecule has 1 aliphatic rings. The molecule has 0 radical (unpaired) electrons. The molecule has 3 nitrogen and oxygen atoms in total. The van der Waals surface area contributed by atoms with E-state index < -0.39 is 0 Å². The average Bonchev–Trinajstić information content (AvgIpc) is 2.28. The summed E-state index contributed by atoms with van der Waals surface area (Å²) in [4.78, 5) is 8.60. The minimum atomic E-state index is 0.525. The lowest BCUT2D eigenvalue weighted by molar-refractivity contribution is 1.10. The Balaban J connectivity index is 2.51. The first-order chi connectivity index (χ1) is 7.75. The summed E-state index contributed by atoms with van der Waals surface area (Å²) in [5, 5.41) is 0.887. The van der Waals surface area contributed by atoms with Gasteiger partial charge in [-0.3, -0.25) is 0 Å². The van der Waals surface area contributed by atoms with E-state index in [1.54, 1.807) is 0 Å². The number of anilines is 1. The van der Waals surface area contributed by atoms with Gasteiger partial charge >= 0.3 is 0 Å². The largest absolute Gasteiger partial charge is 0.383 e. The highest BCUT2D eigenvalue weighted by Gasteiger charge is 2.09. The lowest BCUT2D eigenvalue weighted by Gasteiger charge is -2.08. The summed E-state index contributed by atoms with van der Waals surface area (Å²) in [7, 11) is 0. The Kier molecular flexibility index (Phi) is 1.72. The zero-order valence-electron chi connectivity index (χ0n) is 8.78. The average molecular weight is 207 g/mol. The van der Waals surface area contributed by atoms with Crippen LogP contribution in [0.4, 0.5) is 5.82 Å². The maximum Gasteiger partial charge on any atom is 0.135 e. The lowest BCUT2D eigenvalue weighted by atomic mass is 10.0. The van der Waals surface area contributed by atoms with Crippen LogP contribution in [0.2, 0.25) is 0 Å². The van der Waals surface area contributed by atoms with Crippen LogP contribution in [0.25, 0.3) is 23.1 Å². The summed E-state index contributed by atoms with van der Waals surface area (Å²) in [6, 6.07) is 3.94. The highest BCUT2D eigenvalue weighted by atomic mass is 14.9. The van der Waals surface area contributed by atoms with Gasteiger partial charge < -0.3 is 5.73 Å². The molecular weight excluding hydrogens is 198 g/mol. The van der Waals surface area contributed by atoms with Gasteiger partial charge in [0.05, 0.1) is 5.52 Å². The molecule has 1 aromatic carbocycles. The molecule has 0 unspecified atom stereocenters. The Labute approximate surface area is 92.6 Å². The number of hydrogen-bond acceptors (Lipinski definition) is 3. The molecule has 0 saturated carbocycles. The Bertz CT molecular complexity index is 701. The molecule has 0 fully saturated rings. The molecule has 0 bridgehead atoms. The molecule has 16 heavy (non-hydrogen) atoms. The first-order valence-corrected chi connectivity index (χ1v) is 5.00. The van der Waals surface area contributed by atoms with Crippen LogP contribution in [0.3, 0.4) is 0 Å². The van der Waals surface area contributed by atoms with Crippen LogP contribution in [-0.4, -0.2) is 9.97 Å². The summed E-state index contributed by atoms with van der Waals surface area (Å²) >= 11 is 0. The highest BCUT2D eigenvalue weighted by Crippen LogP contribution is 2.27. The molecule has 3 rings (SSSR count). The molecule has 0 amide bonds. The summed E-state index contributed by atoms with van der Waals surface area (Å²) in [6.45, 7) is 1.84. The van der Waals surface area contributed by atoms with E-state index in [1.165, 1.54) is 0 Å². The fourth-order valence-corrected chi connectivity index (χ4v) is 1.88. The molecule has 0 aliphatic heterocycles. The predicted molar refractivity (Wildman–Crippen MR) is 64.6 cm³/mol. The maximum atomic E-state index is 5.88. The third-order valence-corrected chi connectivity index (χ3v) is 2.61. The van der Waals surface area contributed by atoms with Crippen LogP contribution in [-0.2, 0) is 0 Å². The summed E-state index contributed by atoms with van der Waals surface area (Å²) in [5.74, 6) is 1.21. The van der Waals surface area contributed by atoms with Crippen molar-refractivity contribution in [1.82, 2.24) is 9.97 Å². The van der Waals surface area contributed by atoms with Crippen LogP contribution < -0.4 is 5.73 Å². The van der Waals surface area contributed by atoms with Crippen LogP contribution in [0, 0.1) is 6.92 Å². The third kappa shape index (κ3) is 1.17. The highest BCUT2D eigenvalue weighted by molar-refractivity contribution is 5.96. The Hall–Kier alpha value is -2.34. The molecule has 3 heteroatoms. The monoisotopic (exact) mass is 207 g/mol. The number of nitrogens with two attached hydrogens (primary N) is 1. The van der Waals surface area contributed by atoms with Crippen molar-refractivity contribution in [2.45, 2.75) is 6.92 Å². The molecule has 2 aromatic rings. The molecule has 2 N–H and O–H groups in total. The number of aryl methyl sites for hydroxylation is 1. The van der Waals surface area contributed by atoms with Gasteiger partial charge in [0.25, 0.3) is 0 Å². The van der Waals surface area contributed by atoms with Crippen LogP contribution in [0.15, 0.2) is 23.6 Å². The second kappa shape index (κ2) is 3.07.